The molecule has 1 nitrogen and oxygen atoms in total. The summed E-state index contributed by atoms with van der Waals surface area (Å²) in [5.74, 6) is 0. The predicted molar refractivity (Wildman–Crippen MR) is 59.1 cm³/mol. The van der Waals surface area contributed by atoms with Gasteiger partial charge in [-0.3, -0.25) is 0 Å². The maximum absolute atomic E-state index is 3.50. The summed E-state index contributed by atoms with van der Waals surface area (Å²) in [4.78, 5) is 0. The molecule has 1 heterocycles. The van der Waals surface area contributed by atoms with Gasteiger partial charge in [-0.05, 0) is 59.7 Å². The molecule has 2 rings (SSSR count). The van der Waals surface area contributed by atoms with Crippen LogP contribution in [-0.4, -0.2) is 6.54 Å². The summed E-state index contributed by atoms with van der Waals surface area (Å²) in [6, 6.07) is 9.37. The van der Waals surface area contributed by atoms with Gasteiger partial charge >= 0.3 is 0 Å². The highest BCUT2D eigenvalue weighted by molar-refractivity contribution is 14.1. The molecule has 1 atom stereocenters. The van der Waals surface area contributed by atoms with Crippen molar-refractivity contribution >= 4 is 22.6 Å². The summed E-state index contributed by atoms with van der Waals surface area (Å²) in [5.41, 5.74) is 1.44. The molecule has 1 aliphatic heterocycles. The molecule has 1 aromatic carbocycles. The van der Waals surface area contributed by atoms with Crippen LogP contribution in [0, 0.1) is 3.57 Å². The molecule has 2 heteroatoms. The fourth-order valence-electron chi connectivity index (χ4n) is 1.69. The van der Waals surface area contributed by atoms with Crippen molar-refractivity contribution in [2.24, 2.45) is 0 Å². The molecule has 0 saturated carbocycles. The minimum atomic E-state index is 0.611. The smallest absolute Gasteiger partial charge is 0.0321 e. The van der Waals surface area contributed by atoms with Crippen LogP contribution in [0.1, 0.15) is 24.4 Å². The van der Waals surface area contributed by atoms with Crippen LogP contribution >= 0.6 is 22.6 Å². The van der Waals surface area contributed by atoms with Crippen LogP contribution in [0.2, 0.25) is 0 Å². The molecule has 0 unspecified atom stereocenters. The highest BCUT2D eigenvalue weighted by atomic mass is 127. The first-order valence-corrected chi connectivity index (χ1v) is 5.43. The van der Waals surface area contributed by atoms with Crippen molar-refractivity contribution in [3.8, 4) is 0 Å². The topological polar surface area (TPSA) is 12.0 Å². The number of nitrogens with one attached hydrogen (secondary N) is 1. The van der Waals surface area contributed by atoms with E-state index < -0.39 is 0 Å². The number of rotatable bonds is 1. The molecular formula is C10H12IN. The second-order valence-electron chi connectivity index (χ2n) is 3.20. The summed E-state index contributed by atoms with van der Waals surface area (Å²) in [6.07, 6.45) is 2.61. The van der Waals surface area contributed by atoms with Crippen molar-refractivity contribution in [2.75, 3.05) is 6.54 Å². The molecule has 0 radical (unpaired) electrons. The molecule has 12 heavy (non-hydrogen) atoms. The van der Waals surface area contributed by atoms with Crippen molar-refractivity contribution in [1.82, 2.24) is 5.32 Å². The van der Waals surface area contributed by atoms with Gasteiger partial charge in [-0.1, -0.05) is 12.1 Å². The zero-order valence-electron chi connectivity index (χ0n) is 6.89. The fraction of sp³-hybridized carbons (Fsp3) is 0.400. The van der Waals surface area contributed by atoms with E-state index in [1.807, 2.05) is 0 Å². The maximum atomic E-state index is 3.50. The van der Waals surface area contributed by atoms with Crippen LogP contribution in [0.3, 0.4) is 0 Å². The zero-order valence-corrected chi connectivity index (χ0v) is 9.04. The third-order valence-corrected chi connectivity index (χ3v) is 2.98. The van der Waals surface area contributed by atoms with Crippen LogP contribution in [0.25, 0.3) is 0 Å². The highest BCUT2D eigenvalue weighted by Crippen LogP contribution is 2.23. The van der Waals surface area contributed by atoms with Gasteiger partial charge in [0.05, 0.1) is 0 Å². The normalized spacial score (nSPS) is 22.9. The monoisotopic (exact) mass is 273 g/mol. The number of hydrogen-bond acceptors (Lipinski definition) is 1. The Morgan fingerprint density at radius 1 is 1.42 bits per heavy atom. The zero-order chi connectivity index (χ0) is 8.39. The fourth-order valence-corrected chi connectivity index (χ4v) is 2.26. The Hall–Kier alpha value is -0.0900. The summed E-state index contributed by atoms with van der Waals surface area (Å²) >= 11 is 2.36. The number of hydrogen-bond donors (Lipinski definition) is 1. The summed E-state index contributed by atoms with van der Waals surface area (Å²) < 4.78 is 1.33. The Morgan fingerprint density at radius 3 is 3.00 bits per heavy atom. The first-order valence-electron chi connectivity index (χ1n) is 4.35. The van der Waals surface area contributed by atoms with Crippen LogP contribution < -0.4 is 5.32 Å². The predicted octanol–water partition coefficient (Wildman–Crippen LogP) is 2.72. The van der Waals surface area contributed by atoms with Crippen LogP contribution in [-0.2, 0) is 0 Å². The van der Waals surface area contributed by atoms with Gasteiger partial charge in [0.2, 0.25) is 0 Å². The molecule has 0 bridgehead atoms. The van der Waals surface area contributed by atoms with E-state index in [0.717, 1.165) is 0 Å². The SMILES string of the molecule is Ic1cccc([C@@H]2CCCN2)c1. The van der Waals surface area contributed by atoms with Gasteiger partial charge in [-0.2, -0.15) is 0 Å². The lowest BCUT2D eigenvalue weighted by Crippen LogP contribution is -2.12. The van der Waals surface area contributed by atoms with Gasteiger partial charge in [0.15, 0.2) is 0 Å². The van der Waals surface area contributed by atoms with E-state index in [2.05, 4.69) is 52.2 Å². The number of benzene rings is 1. The first kappa shape index (κ1) is 8.51. The quantitative estimate of drug-likeness (QED) is 0.776. The van der Waals surface area contributed by atoms with Gasteiger partial charge in [-0.15, -0.1) is 0 Å². The van der Waals surface area contributed by atoms with Gasteiger partial charge in [0.25, 0.3) is 0 Å². The van der Waals surface area contributed by atoms with Crippen molar-refractivity contribution < 1.29 is 0 Å². The third-order valence-electron chi connectivity index (χ3n) is 2.31. The molecule has 0 aromatic heterocycles. The van der Waals surface area contributed by atoms with E-state index in [0.29, 0.717) is 6.04 Å². The minimum Gasteiger partial charge on any atom is -0.310 e. The molecular weight excluding hydrogens is 261 g/mol. The molecule has 1 saturated heterocycles. The molecule has 1 aliphatic rings. The van der Waals surface area contributed by atoms with Crippen LogP contribution in [0.5, 0.6) is 0 Å². The lowest BCUT2D eigenvalue weighted by Gasteiger charge is -2.10. The van der Waals surface area contributed by atoms with Gasteiger partial charge in [0.1, 0.15) is 0 Å². The van der Waals surface area contributed by atoms with Crippen LogP contribution in [0.15, 0.2) is 24.3 Å². The Bertz CT molecular complexity index is 266. The van der Waals surface area contributed by atoms with Crippen molar-refractivity contribution in [3.05, 3.63) is 33.4 Å². The first-order chi connectivity index (χ1) is 5.86. The van der Waals surface area contributed by atoms with E-state index >= 15 is 0 Å². The van der Waals surface area contributed by atoms with E-state index in [9.17, 15) is 0 Å². The molecule has 1 N–H and O–H groups in total. The Labute approximate surface area is 86.7 Å². The van der Waals surface area contributed by atoms with Crippen molar-refractivity contribution in [2.45, 2.75) is 18.9 Å². The number of halogens is 1. The molecule has 0 aliphatic carbocycles. The van der Waals surface area contributed by atoms with Gasteiger partial charge < -0.3 is 5.32 Å². The Morgan fingerprint density at radius 2 is 2.33 bits per heavy atom. The van der Waals surface area contributed by atoms with E-state index in [4.69, 9.17) is 0 Å². The third kappa shape index (κ3) is 1.80. The molecule has 1 fully saturated rings. The molecule has 64 valence electrons. The van der Waals surface area contributed by atoms with Crippen molar-refractivity contribution in [3.63, 3.8) is 0 Å². The Balaban J connectivity index is 2.21. The summed E-state index contributed by atoms with van der Waals surface area (Å²) in [7, 11) is 0. The molecule has 1 aromatic rings. The van der Waals surface area contributed by atoms with E-state index in [1.165, 1.54) is 28.5 Å². The standard InChI is InChI=1S/C10H12IN/c11-9-4-1-3-8(7-9)10-5-2-6-12-10/h1,3-4,7,10,12H,2,5-6H2/t10-/m0/s1. The summed E-state index contributed by atoms with van der Waals surface area (Å²) in [5, 5.41) is 3.50. The largest absolute Gasteiger partial charge is 0.310 e. The average Bonchev–Trinajstić information content (AvgIpc) is 2.56. The summed E-state index contributed by atoms with van der Waals surface area (Å²) in [6.45, 7) is 1.18. The lowest BCUT2D eigenvalue weighted by molar-refractivity contribution is 0.647. The van der Waals surface area contributed by atoms with Gasteiger partial charge in [0, 0.05) is 9.61 Å². The maximum Gasteiger partial charge on any atom is 0.0321 e. The second kappa shape index (κ2) is 3.75. The Kier molecular flexibility index (Phi) is 2.66. The van der Waals surface area contributed by atoms with Crippen LogP contribution in [0.4, 0.5) is 0 Å². The van der Waals surface area contributed by atoms with E-state index in [1.54, 1.807) is 0 Å². The lowest BCUT2D eigenvalue weighted by atomic mass is 10.1. The molecule has 0 amide bonds. The molecule has 0 spiro atoms. The average molecular weight is 273 g/mol. The highest BCUT2D eigenvalue weighted by Gasteiger charge is 2.15. The van der Waals surface area contributed by atoms with Gasteiger partial charge in [-0.25, -0.2) is 0 Å². The van der Waals surface area contributed by atoms with Crippen molar-refractivity contribution in [1.29, 1.82) is 0 Å². The van der Waals surface area contributed by atoms with E-state index in [-0.39, 0.29) is 0 Å². The minimum absolute atomic E-state index is 0.611. The second-order valence-corrected chi connectivity index (χ2v) is 4.45.